The van der Waals surface area contributed by atoms with Gasteiger partial charge in [0.1, 0.15) is 5.75 Å². The molecule has 0 saturated carbocycles. The summed E-state index contributed by atoms with van der Waals surface area (Å²) in [6, 6.07) is 5.90. The fourth-order valence-electron chi connectivity index (χ4n) is 1.45. The first-order valence-corrected chi connectivity index (χ1v) is 5.92. The minimum absolute atomic E-state index is 0.378. The standard InChI is InChI=1S/C10H12N3OS/c1-13-7-12-9-3-2-8(6-10(9)13)4-5-15(11)14/h2-4,6-7H,5,11H2,1H3/t15-/m0/s1. The molecule has 0 saturated heterocycles. The van der Waals surface area contributed by atoms with E-state index < -0.39 is 11.4 Å². The number of nitrogens with two attached hydrogens (primary N) is 1. The molecule has 5 heteroatoms. The molecule has 15 heavy (non-hydrogen) atoms. The fourth-order valence-corrected chi connectivity index (χ4v) is 1.81. The van der Waals surface area contributed by atoms with Gasteiger partial charge in [-0.3, -0.25) is 0 Å². The largest absolute Gasteiger partial charge is 0.598 e. The summed E-state index contributed by atoms with van der Waals surface area (Å²) in [5, 5.41) is 5.19. The van der Waals surface area contributed by atoms with Crippen molar-refractivity contribution in [3.05, 3.63) is 36.5 Å². The van der Waals surface area contributed by atoms with Crippen LogP contribution in [-0.4, -0.2) is 19.9 Å². The maximum absolute atomic E-state index is 10.7. The van der Waals surface area contributed by atoms with Crippen LogP contribution in [-0.2, 0) is 18.4 Å². The first kappa shape index (κ1) is 10.5. The Bertz CT molecular complexity index is 467. The van der Waals surface area contributed by atoms with Crippen LogP contribution < -0.4 is 5.14 Å². The Labute approximate surface area is 91.4 Å². The first-order valence-electron chi connectivity index (χ1n) is 4.54. The molecular weight excluding hydrogens is 210 g/mol. The van der Waals surface area contributed by atoms with Crippen LogP contribution in [0.15, 0.2) is 24.5 Å². The molecule has 0 aliphatic carbocycles. The summed E-state index contributed by atoms with van der Waals surface area (Å²) in [4.78, 5) is 4.22. The predicted octanol–water partition coefficient (Wildman–Crippen LogP) is 0.748. The van der Waals surface area contributed by atoms with E-state index in [9.17, 15) is 4.55 Å². The van der Waals surface area contributed by atoms with E-state index in [0.717, 1.165) is 16.6 Å². The molecule has 0 aliphatic rings. The monoisotopic (exact) mass is 222 g/mol. The van der Waals surface area contributed by atoms with Crippen molar-refractivity contribution in [2.24, 2.45) is 12.2 Å². The van der Waals surface area contributed by atoms with E-state index in [1.807, 2.05) is 36.2 Å². The van der Waals surface area contributed by atoms with Gasteiger partial charge in [-0.2, -0.15) is 5.14 Å². The van der Waals surface area contributed by atoms with Gasteiger partial charge in [-0.1, -0.05) is 6.07 Å². The normalized spacial score (nSPS) is 13.3. The number of imidazole rings is 1. The Hall–Kier alpha value is -1.04. The summed E-state index contributed by atoms with van der Waals surface area (Å²) in [6.45, 7) is 0. The number of nitrogens with zero attached hydrogens (tertiary/aromatic N) is 2. The van der Waals surface area contributed by atoms with Crippen LogP contribution in [0, 0.1) is 6.42 Å². The molecule has 2 rings (SSSR count). The Morgan fingerprint density at radius 3 is 3.13 bits per heavy atom. The number of benzene rings is 1. The van der Waals surface area contributed by atoms with Crippen LogP contribution in [0.4, 0.5) is 0 Å². The highest BCUT2D eigenvalue weighted by Gasteiger charge is 2.04. The lowest BCUT2D eigenvalue weighted by molar-refractivity contribution is 0.599. The molecule has 0 spiro atoms. The van der Waals surface area contributed by atoms with Gasteiger partial charge in [0, 0.05) is 24.8 Å². The smallest absolute Gasteiger partial charge is 0.132 e. The van der Waals surface area contributed by atoms with Gasteiger partial charge < -0.3 is 9.12 Å². The molecule has 1 radical (unpaired) electrons. The van der Waals surface area contributed by atoms with Crippen LogP contribution in [0.5, 0.6) is 0 Å². The Kier molecular flexibility index (Phi) is 2.95. The number of aromatic nitrogens is 2. The topological polar surface area (TPSA) is 66.9 Å². The average molecular weight is 222 g/mol. The second-order valence-corrected chi connectivity index (χ2v) is 4.45. The summed E-state index contributed by atoms with van der Waals surface area (Å²) in [5.74, 6) is 0.378. The Balaban J connectivity index is 2.25. The van der Waals surface area contributed by atoms with E-state index in [2.05, 4.69) is 4.98 Å². The average Bonchev–Trinajstić information content (AvgIpc) is 2.57. The van der Waals surface area contributed by atoms with E-state index >= 15 is 0 Å². The van der Waals surface area contributed by atoms with Crippen molar-refractivity contribution in [2.45, 2.75) is 0 Å². The third kappa shape index (κ3) is 2.31. The molecule has 0 aliphatic heterocycles. The molecule has 1 heterocycles. The first-order chi connectivity index (χ1) is 7.16. The molecule has 0 amide bonds. The van der Waals surface area contributed by atoms with E-state index in [0.29, 0.717) is 5.75 Å². The van der Waals surface area contributed by atoms with Crippen molar-refractivity contribution in [3.63, 3.8) is 0 Å². The van der Waals surface area contributed by atoms with Crippen molar-refractivity contribution in [1.29, 1.82) is 0 Å². The maximum Gasteiger partial charge on any atom is 0.132 e. The van der Waals surface area contributed by atoms with Crippen LogP contribution in [0.1, 0.15) is 5.56 Å². The van der Waals surface area contributed by atoms with E-state index in [4.69, 9.17) is 5.14 Å². The van der Waals surface area contributed by atoms with Gasteiger partial charge in [0.05, 0.1) is 17.4 Å². The highest BCUT2D eigenvalue weighted by Crippen LogP contribution is 2.15. The molecule has 0 unspecified atom stereocenters. The second-order valence-electron chi connectivity index (χ2n) is 3.36. The van der Waals surface area contributed by atoms with Crippen molar-refractivity contribution >= 4 is 22.4 Å². The molecule has 1 aromatic heterocycles. The van der Waals surface area contributed by atoms with Gasteiger partial charge >= 0.3 is 0 Å². The zero-order valence-corrected chi connectivity index (χ0v) is 9.20. The third-order valence-corrected chi connectivity index (χ3v) is 2.73. The highest BCUT2D eigenvalue weighted by atomic mass is 32.2. The number of rotatable bonds is 3. The van der Waals surface area contributed by atoms with E-state index in [1.54, 1.807) is 6.33 Å². The van der Waals surface area contributed by atoms with Crippen molar-refractivity contribution < 1.29 is 4.55 Å². The summed E-state index contributed by atoms with van der Waals surface area (Å²) < 4.78 is 12.7. The van der Waals surface area contributed by atoms with Gasteiger partial charge in [0.25, 0.3) is 0 Å². The van der Waals surface area contributed by atoms with Gasteiger partial charge in [-0.15, -0.1) is 0 Å². The zero-order chi connectivity index (χ0) is 10.8. The second kappa shape index (κ2) is 4.22. The SMILES string of the molecule is Cn1cnc2ccc([CH]C[S@@+](N)[O-])cc21. The Morgan fingerprint density at radius 1 is 1.60 bits per heavy atom. The molecule has 2 N–H and O–H groups in total. The van der Waals surface area contributed by atoms with E-state index in [-0.39, 0.29) is 0 Å². The van der Waals surface area contributed by atoms with Crippen molar-refractivity contribution in [3.8, 4) is 0 Å². The Morgan fingerprint density at radius 2 is 2.40 bits per heavy atom. The summed E-state index contributed by atoms with van der Waals surface area (Å²) in [5.41, 5.74) is 3.04. The number of hydrogen-bond acceptors (Lipinski definition) is 3. The minimum atomic E-state index is -1.27. The molecular formula is C10H12N3OS. The molecule has 1 aromatic carbocycles. The third-order valence-electron chi connectivity index (χ3n) is 2.23. The van der Waals surface area contributed by atoms with Crippen molar-refractivity contribution in [2.75, 3.05) is 5.75 Å². The van der Waals surface area contributed by atoms with Crippen LogP contribution >= 0.6 is 0 Å². The minimum Gasteiger partial charge on any atom is -0.598 e. The lowest BCUT2D eigenvalue weighted by atomic mass is 10.1. The van der Waals surface area contributed by atoms with Crippen LogP contribution in [0.25, 0.3) is 11.0 Å². The zero-order valence-electron chi connectivity index (χ0n) is 8.38. The van der Waals surface area contributed by atoms with Crippen molar-refractivity contribution in [1.82, 2.24) is 9.55 Å². The number of hydrogen-bond donors (Lipinski definition) is 1. The summed E-state index contributed by atoms with van der Waals surface area (Å²) >= 11 is -1.27. The molecule has 0 bridgehead atoms. The van der Waals surface area contributed by atoms with Gasteiger partial charge in [-0.25, -0.2) is 4.98 Å². The molecule has 4 nitrogen and oxygen atoms in total. The molecule has 79 valence electrons. The molecule has 2 aromatic rings. The quantitative estimate of drug-likeness (QED) is 0.779. The fraction of sp³-hybridized carbons (Fsp3) is 0.200. The van der Waals surface area contributed by atoms with Crippen LogP contribution in [0.3, 0.4) is 0 Å². The van der Waals surface area contributed by atoms with Gasteiger partial charge in [0.15, 0.2) is 0 Å². The molecule has 0 fully saturated rings. The number of aryl methyl sites for hydroxylation is 1. The highest BCUT2D eigenvalue weighted by molar-refractivity contribution is 7.89. The van der Waals surface area contributed by atoms with Gasteiger partial charge in [0.2, 0.25) is 0 Å². The van der Waals surface area contributed by atoms with E-state index in [1.165, 1.54) is 0 Å². The maximum atomic E-state index is 10.7. The summed E-state index contributed by atoms with van der Waals surface area (Å²) in [6.07, 6.45) is 3.64. The molecule has 1 atom stereocenters. The lowest BCUT2D eigenvalue weighted by Crippen LogP contribution is -2.16. The number of fused-ring (bicyclic) bond motifs is 1. The van der Waals surface area contributed by atoms with Crippen LogP contribution in [0.2, 0.25) is 0 Å². The summed E-state index contributed by atoms with van der Waals surface area (Å²) in [7, 11) is 1.94. The van der Waals surface area contributed by atoms with Gasteiger partial charge in [-0.05, 0) is 17.7 Å². The predicted molar refractivity (Wildman–Crippen MR) is 61.3 cm³/mol. The lowest BCUT2D eigenvalue weighted by Gasteiger charge is -2.03.